The van der Waals surface area contributed by atoms with Crippen LogP contribution in [0.3, 0.4) is 0 Å². The van der Waals surface area contributed by atoms with Crippen molar-refractivity contribution in [2.75, 3.05) is 0 Å². The van der Waals surface area contributed by atoms with Crippen LogP contribution in [-0.2, 0) is 0 Å². The third kappa shape index (κ3) is 2.81. The van der Waals surface area contributed by atoms with Crippen LogP contribution in [0, 0.1) is 6.92 Å². The standard InChI is InChI=1S/C18H15NO4/c1-10-3-5-12(6-4-10)23-13-7-8-15-14(9-13)17(21)16(11(2)20)18(22)19-15/h3-9H,1-2H3,(H2,19,21,22). The molecule has 23 heavy (non-hydrogen) atoms. The van der Waals surface area contributed by atoms with Gasteiger partial charge in [-0.25, -0.2) is 0 Å². The molecule has 0 atom stereocenters. The summed E-state index contributed by atoms with van der Waals surface area (Å²) in [4.78, 5) is 26.0. The van der Waals surface area contributed by atoms with E-state index in [1.54, 1.807) is 18.2 Å². The van der Waals surface area contributed by atoms with Gasteiger partial charge in [0.2, 0.25) is 0 Å². The predicted molar refractivity (Wildman–Crippen MR) is 87.5 cm³/mol. The Morgan fingerprint density at radius 3 is 2.39 bits per heavy atom. The van der Waals surface area contributed by atoms with E-state index in [0.29, 0.717) is 22.4 Å². The van der Waals surface area contributed by atoms with Crippen LogP contribution in [0.2, 0.25) is 0 Å². The zero-order valence-electron chi connectivity index (χ0n) is 12.7. The van der Waals surface area contributed by atoms with Gasteiger partial charge in [0.05, 0.1) is 5.52 Å². The first-order valence-electron chi connectivity index (χ1n) is 7.10. The number of aromatic nitrogens is 1. The van der Waals surface area contributed by atoms with E-state index in [9.17, 15) is 14.7 Å². The molecule has 0 aliphatic heterocycles. The number of carbonyl (C=O) groups excluding carboxylic acids is 1. The highest BCUT2D eigenvalue weighted by atomic mass is 16.5. The fourth-order valence-corrected chi connectivity index (χ4v) is 2.39. The lowest BCUT2D eigenvalue weighted by atomic mass is 10.1. The first-order valence-corrected chi connectivity index (χ1v) is 7.10. The zero-order valence-corrected chi connectivity index (χ0v) is 12.7. The largest absolute Gasteiger partial charge is 0.506 e. The van der Waals surface area contributed by atoms with E-state index >= 15 is 0 Å². The Kier molecular flexibility index (Phi) is 3.62. The highest BCUT2D eigenvalue weighted by molar-refractivity contribution is 6.02. The molecule has 5 nitrogen and oxygen atoms in total. The maximum atomic E-state index is 11.8. The van der Waals surface area contributed by atoms with Gasteiger partial charge in [-0.3, -0.25) is 9.59 Å². The summed E-state index contributed by atoms with van der Waals surface area (Å²) in [7, 11) is 0. The summed E-state index contributed by atoms with van der Waals surface area (Å²) in [5.41, 5.74) is 0.714. The average Bonchev–Trinajstić information content (AvgIpc) is 2.50. The molecule has 116 valence electrons. The monoisotopic (exact) mass is 309 g/mol. The van der Waals surface area contributed by atoms with Gasteiger partial charge in [0.25, 0.3) is 5.56 Å². The smallest absolute Gasteiger partial charge is 0.263 e. The predicted octanol–water partition coefficient (Wildman–Crippen LogP) is 3.54. The topological polar surface area (TPSA) is 79.4 Å². The minimum Gasteiger partial charge on any atom is -0.506 e. The molecule has 0 saturated carbocycles. The normalized spacial score (nSPS) is 10.7. The van der Waals surface area contributed by atoms with Crippen molar-refractivity contribution in [1.82, 2.24) is 4.98 Å². The van der Waals surface area contributed by atoms with Crippen LogP contribution in [0.1, 0.15) is 22.8 Å². The van der Waals surface area contributed by atoms with E-state index in [1.165, 1.54) is 6.92 Å². The van der Waals surface area contributed by atoms with Crippen molar-refractivity contribution in [3.05, 3.63) is 63.9 Å². The first-order chi connectivity index (χ1) is 11.0. The number of hydrogen-bond donors (Lipinski definition) is 2. The Labute approximate surface area is 132 Å². The number of aryl methyl sites for hydroxylation is 1. The highest BCUT2D eigenvalue weighted by Crippen LogP contribution is 2.30. The molecule has 1 heterocycles. The molecule has 1 aromatic heterocycles. The summed E-state index contributed by atoms with van der Waals surface area (Å²) in [5.74, 6) is 0.338. The summed E-state index contributed by atoms with van der Waals surface area (Å²) in [5, 5.41) is 10.6. The lowest BCUT2D eigenvalue weighted by molar-refractivity contribution is 0.101. The average molecular weight is 309 g/mol. The Morgan fingerprint density at radius 1 is 1.09 bits per heavy atom. The molecule has 2 N–H and O–H groups in total. The van der Waals surface area contributed by atoms with Gasteiger partial charge in [0.15, 0.2) is 5.78 Å². The Hall–Kier alpha value is -3.08. The highest BCUT2D eigenvalue weighted by Gasteiger charge is 2.16. The van der Waals surface area contributed by atoms with Gasteiger partial charge in [0.1, 0.15) is 22.8 Å². The van der Waals surface area contributed by atoms with Gasteiger partial charge in [-0.15, -0.1) is 0 Å². The number of aromatic hydroxyl groups is 1. The molecule has 0 aliphatic rings. The van der Waals surface area contributed by atoms with E-state index in [2.05, 4.69) is 4.98 Å². The molecule has 0 bridgehead atoms. The molecule has 0 unspecified atom stereocenters. The Balaban J connectivity index is 2.09. The lowest BCUT2D eigenvalue weighted by Gasteiger charge is -2.09. The second-order valence-electron chi connectivity index (χ2n) is 5.36. The molecule has 3 aromatic rings. The molecule has 0 radical (unpaired) electrons. The van der Waals surface area contributed by atoms with Crippen molar-refractivity contribution in [1.29, 1.82) is 0 Å². The Bertz CT molecular complexity index is 955. The molecule has 0 spiro atoms. The molecule has 0 aliphatic carbocycles. The van der Waals surface area contributed by atoms with E-state index in [4.69, 9.17) is 4.74 Å². The number of benzene rings is 2. The van der Waals surface area contributed by atoms with Crippen LogP contribution in [0.25, 0.3) is 10.9 Å². The minimum absolute atomic E-state index is 0.245. The van der Waals surface area contributed by atoms with Crippen molar-refractivity contribution >= 4 is 16.7 Å². The van der Waals surface area contributed by atoms with Crippen LogP contribution in [0.5, 0.6) is 17.2 Å². The minimum atomic E-state index is -0.602. The van der Waals surface area contributed by atoms with Gasteiger partial charge < -0.3 is 14.8 Å². The molecule has 0 saturated heterocycles. The number of H-pyrrole nitrogens is 1. The Morgan fingerprint density at radius 2 is 1.74 bits per heavy atom. The lowest BCUT2D eigenvalue weighted by Crippen LogP contribution is -2.16. The van der Waals surface area contributed by atoms with Crippen LogP contribution in [-0.4, -0.2) is 15.9 Å². The SMILES string of the molecule is CC(=O)c1c(O)c2cc(Oc3ccc(C)cc3)ccc2[nH]c1=O. The number of rotatable bonds is 3. The second kappa shape index (κ2) is 5.61. The van der Waals surface area contributed by atoms with Crippen molar-refractivity contribution in [3.63, 3.8) is 0 Å². The maximum Gasteiger partial charge on any atom is 0.263 e. The summed E-state index contributed by atoms with van der Waals surface area (Å²) in [6, 6.07) is 12.4. The van der Waals surface area contributed by atoms with Crippen LogP contribution in [0.15, 0.2) is 47.3 Å². The number of hydrogen-bond acceptors (Lipinski definition) is 4. The number of carbonyl (C=O) groups is 1. The third-order valence-corrected chi connectivity index (χ3v) is 3.57. The number of aromatic amines is 1. The molecule has 2 aromatic carbocycles. The van der Waals surface area contributed by atoms with E-state index < -0.39 is 11.3 Å². The molecule has 0 fully saturated rings. The molecular weight excluding hydrogens is 294 g/mol. The first kappa shape index (κ1) is 14.8. The zero-order chi connectivity index (χ0) is 16.6. The fourth-order valence-electron chi connectivity index (χ4n) is 2.39. The van der Waals surface area contributed by atoms with Gasteiger partial charge >= 0.3 is 0 Å². The van der Waals surface area contributed by atoms with E-state index in [0.717, 1.165) is 5.56 Å². The van der Waals surface area contributed by atoms with Crippen LogP contribution < -0.4 is 10.3 Å². The number of nitrogens with one attached hydrogen (secondary N) is 1. The summed E-state index contributed by atoms with van der Waals surface area (Å²) in [6.07, 6.45) is 0. The summed E-state index contributed by atoms with van der Waals surface area (Å²) in [6.45, 7) is 3.22. The van der Waals surface area contributed by atoms with Crippen molar-refractivity contribution in [2.24, 2.45) is 0 Å². The number of Topliss-reactive ketones (excluding diaryl/α,β-unsaturated/α-hetero) is 1. The van der Waals surface area contributed by atoms with Crippen molar-refractivity contribution in [3.8, 4) is 17.2 Å². The van der Waals surface area contributed by atoms with Gasteiger partial charge in [-0.05, 0) is 44.2 Å². The number of pyridine rings is 1. The number of ketones is 1. The van der Waals surface area contributed by atoms with Crippen LogP contribution in [0.4, 0.5) is 0 Å². The molecule has 0 amide bonds. The number of fused-ring (bicyclic) bond motifs is 1. The second-order valence-corrected chi connectivity index (χ2v) is 5.36. The number of ether oxygens (including phenoxy) is 1. The van der Waals surface area contributed by atoms with Gasteiger partial charge in [-0.1, -0.05) is 17.7 Å². The molecule has 5 heteroatoms. The molecule has 3 rings (SSSR count). The van der Waals surface area contributed by atoms with Gasteiger partial charge in [0, 0.05) is 5.39 Å². The van der Waals surface area contributed by atoms with Crippen LogP contribution >= 0.6 is 0 Å². The fraction of sp³-hybridized carbons (Fsp3) is 0.111. The van der Waals surface area contributed by atoms with E-state index in [1.807, 2.05) is 31.2 Å². The molecular formula is C18H15NO4. The van der Waals surface area contributed by atoms with E-state index in [-0.39, 0.29) is 11.3 Å². The maximum absolute atomic E-state index is 11.8. The van der Waals surface area contributed by atoms with Crippen molar-refractivity contribution in [2.45, 2.75) is 13.8 Å². The quantitative estimate of drug-likeness (QED) is 0.725. The van der Waals surface area contributed by atoms with Crippen molar-refractivity contribution < 1.29 is 14.6 Å². The van der Waals surface area contributed by atoms with Gasteiger partial charge in [-0.2, -0.15) is 0 Å². The summed E-state index contributed by atoms with van der Waals surface area (Å²) >= 11 is 0. The third-order valence-electron chi connectivity index (χ3n) is 3.57. The summed E-state index contributed by atoms with van der Waals surface area (Å²) < 4.78 is 5.74.